The Balaban J connectivity index is 2.61. The maximum Gasteiger partial charge on any atom is 0.404 e. The number of carbonyl (C=O) groups is 1. The van der Waals surface area contributed by atoms with Gasteiger partial charge in [-0.25, -0.2) is 9.78 Å². The first-order valence-corrected chi connectivity index (χ1v) is 5.50. The number of pyridine rings is 1. The van der Waals surface area contributed by atoms with Gasteiger partial charge in [0.05, 0.1) is 16.6 Å². The highest BCUT2D eigenvalue weighted by Crippen LogP contribution is 2.28. The van der Waals surface area contributed by atoms with E-state index in [2.05, 4.69) is 20.4 Å². The summed E-state index contributed by atoms with van der Waals surface area (Å²) in [4.78, 5) is 14.5. The van der Waals surface area contributed by atoms with Crippen LogP contribution in [-0.2, 0) is 4.74 Å². The van der Waals surface area contributed by atoms with Crippen molar-refractivity contribution in [3.8, 4) is 0 Å². The molecule has 0 aliphatic heterocycles. The van der Waals surface area contributed by atoms with E-state index < -0.39 is 6.09 Å². The molecule has 0 saturated carbocycles. The lowest BCUT2D eigenvalue weighted by Crippen LogP contribution is -2.18. The van der Waals surface area contributed by atoms with Crippen molar-refractivity contribution in [2.45, 2.75) is 0 Å². The molecule has 6 nitrogen and oxygen atoms in total. The van der Waals surface area contributed by atoms with Gasteiger partial charge in [0.15, 0.2) is 0 Å². The molecule has 0 aromatic carbocycles. The standard InChI is InChI=1S/C9H12Cl2N4O2/c1-13-7-5(10)4-6(11)8(15-7)14-2-3-17-9(12)16/h4H,2-3H2,1H3,(H2,12,16)(H2,13,14,15). The van der Waals surface area contributed by atoms with Crippen LogP contribution in [0.2, 0.25) is 10.0 Å². The molecule has 17 heavy (non-hydrogen) atoms. The molecule has 0 aliphatic carbocycles. The number of anilines is 2. The maximum absolute atomic E-state index is 10.3. The molecule has 8 heteroatoms. The monoisotopic (exact) mass is 278 g/mol. The van der Waals surface area contributed by atoms with E-state index in [4.69, 9.17) is 28.9 Å². The Kier molecular flexibility index (Phi) is 5.11. The maximum atomic E-state index is 10.3. The van der Waals surface area contributed by atoms with Crippen molar-refractivity contribution in [3.63, 3.8) is 0 Å². The van der Waals surface area contributed by atoms with Gasteiger partial charge in [-0.3, -0.25) is 0 Å². The van der Waals surface area contributed by atoms with E-state index in [1.807, 2.05) is 0 Å². The zero-order valence-corrected chi connectivity index (χ0v) is 10.6. The van der Waals surface area contributed by atoms with Crippen molar-refractivity contribution in [3.05, 3.63) is 16.1 Å². The lowest BCUT2D eigenvalue weighted by atomic mass is 10.4. The van der Waals surface area contributed by atoms with Crippen molar-refractivity contribution in [2.24, 2.45) is 5.73 Å². The van der Waals surface area contributed by atoms with Crippen LogP contribution in [0.3, 0.4) is 0 Å². The molecule has 94 valence electrons. The largest absolute Gasteiger partial charge is 0.448 e. The highest BCUT2D eigenvalue weighted by atomic mass is 35.5. The SMILES string of the molecule is CNc1nc(NCCOC(N)=O)c(Cl)cc1Cl. The number of rotatable bonds is 5. The Morgan fingerprint density at radius 2 is 2.12 bits per heavy atom. The lowest BCUT2D eigenvalue weighted by molar-refractivity contribution is 0.161. The summed E-state index contributed by atoms with van der Waals surface area (Å²) >= 11 is 11.8. The highest BCUT2D eigenvalue weighted by molar-refractivity contribution is 6.37. The second-order valence-electron chi connectivity index (χ2n) is 2.99. The third-order valence-corrected chi connectivity index (χ3v) is 2.38. The van der Waals surface area contributed by atoms with Gasteiger partial charge in [-0.1, -0.05) is 23.2 Å². The summed E-state index contributed by atoms with van der Waals surface area (Å²) in [6.45, 7) is 0.477. The first-order chi connectivity index (χ1) is 8.04. The molecule has 0 atom stereocenters. The quantitative estimate of drug-likeness (QED) is 0.717. The van der Waals surface area contributed by atoms with Crippen LogP contribution < -0.4 is 16.4 Å². The Morgan fingerprint density at radius 3 is 2.71 bits per heavy atom. The third kappa shape index (κ3) is 4.16. The van der Waals surface area contributed by atoms with Gasteiger partial charge in [0.1, 0.15) is 18.2 Å². The molecule has 0 spiro atoms. The number of nitrogens with two attached hydrogens (primary N) is 1. The third-order valence-electron chi connectivity index (χ3n) is 1.81. The minimum atomic E-state index is -0.821. The first-order valence-electron chi connectivity index (χ1n) is 4.74. The molecule has 1 rings (SSSR count). The molecule has 1 amide bonds. The Morgan fingerprint density at radius 1 is 1.47 bits per heavy atom. The molecule has 0 fully saturated rings. The van der Waals surface area contributed by atoms with E-state index >= 15 is 0 Å². The average Bonchev–Trinajstić information content (AvgIpc) is 2.26. The second kappa shape index (κ2) is 6.36. The van der Waals surface area contributed by atoms with E-state index in [0.717, 1.165) is 0 Å². The minimum Gasteiger partial charge on any atom is -0.448 e. The number of primary amides is 1. The van der Waals surface area contributed by atoms with Crippen LogP contribution in [0.5, 0.6) is 0 Å². The van der Waals surface area contributed by atoms with Crippen LogP contribution in [0.4, 0.5) is 16.4 Å². The van der Waals surface area contributed by atoms with Crippen LogP contribution in [0, 0.1) is 0 Å². The Labute approximate surface area is 108 Å². The molecule has 1 heterocycles. The molecule has 1 aromatic rings. The molecule has 0 aliphatic rings. The predicted octanol–water partition coefficient (Wildman–Crippen LogP) is 1.94. The summed E-state index contributed by atoms with van der Waals surface area (Å²) in [6.07, 6.45) is -0.821. The summed E-state index contributed by atoms with van der Waals surface area (Å²) < 4.78 is 4.55. The minimum absolute atomic E-state index is 0.130. The molecule has 0 bridgehead atoms. The van der Waals surface area contributed by atoms with Crippen molar-refractivity contribution < 1.29 is 9.53 Å². The number of ether oxygens (including phenoxy) is 1. The molecule has 4 N–H and O–H groups in total. The zero-order valence-electron chi connectivity index (χ0n) is 9.09. The van der Waals surface area contributed by atoms with Crippen LogP contribution in [0.25, 0.3) is 0 Å². The smallest absolute Gasteiger partial charge is 0.404 e. The normalized spacial score (nSPS) is 9.82. The van der Waals surface area contributed by atoms with E-state index in [1.165, 1.54) is 0 Å². The highest BCUT2D eigenvalue weighted by Gasteiger charge is 2.07. The van der Waals surface area contributed by atoms with Gasteiger partial charge in [-0.15, -0.1) is 0 Å². The zero-order chi connectivity index (χ0) is 12.8. The van der Waals surface area contributed by atoms with E-state index in [1.54, 1.807) is 13.1 Å². The van der Waals surface area contributed by atoms with E-state index in [0.29, 0.717) is 28.2 Å². The van der Waals surface area contributed by atoms with Crippen molar-refractivity contribution >= 4 is 40.9 Å². The number of nitrogens with one attached hydrogen (secondary N) is 2. The van der Waals surface area contributed by atoms with Gasteiger partial charge in [0, 0.05) is 7.05 Å². The summed E-state index contributed by atoms with van der Waals surface area (Å²) in [5.41, 5.74) is 4.81. The lowest BCUT2D eigenvalue weighted by Gasteiger charge is -2.10. The van der Waals surface area contributed by atoms with Gasteiger partial charge in [0.25, 0.3) is 0 Å². The fraction of sp³-hybridized carbons (Fsp3) is 0.333. The number of amides is 1. The summed E-state index contributed by atoms with van der Waals surface area (Å²) in [6, 6.07) is 1.57. The van der Waals surface area contributed by atoms with Gasteiger partial charge >= 0.3 is 6.09 Å². The van der Waals surface area contributed by atoms with E-state index in [-0.39, 0.29) is 6.61 Å². The Bertz CT molecular complexity index is 414. The number of hydrogen-bond acceptors (Lipinski definition) is 5. The summed E-state index contributed by atoms with van der Waals surface area (Å²) in [5, 5.41) is 6.53. The molecule has 1 aromatic heterocycles. The second-order valence-corrected chi connectivity index (χ2v) is 3.81. The number of aromatic nitrogens is 1. The number of halogens is 2. The van der Waals surface area contributed by atoms with Gasteiger partial charge in [-0.2, -0.15) is 0 Å². The molecular formula is C9H12Cl2N4O2. The molecule has 0 radical (unpaired) electrons. The van der Waals surface area contributed by atoms with Crippen molar-refractivity contribution in [1.82, 2.24) is 4.98 Å². The van der Waals surface area contributed by atoms with Gasteiger partial charge in [0.2, 0.25) is 0 Å². The van der Waals surface area contributed by atoms with Crippen molar-refractivity contribution in [2.75, 3.05) is 30.8 Å². The number of carbonyl (C=O) groups excluding carboxylic acids is 1. The Hall–Kier alpha value is -1.40. The van der Waals surface area contributed by atoms with Gasteiger partial charge < -0.3 is 21.1 Å². The summed E-state index contributed by atoms with van der Waals surface area (Å²) in [5.74, 6) is 0.961. The van der Waals surface area contributed by atoms with Crippen LogP contribution in [-0.4, -0.2) is 31.3 Å². The number of nitrogens with zero attached hydrogens (tertiary/aromatic N) is 1. The van der Waals surface area contributed by atoms with Crippen LogP contribution in [0.15, 0.2) is 6.07 Å². The summed E-state index contributed by atoms with van der Waals surface area (Å²) in [7, 11) is 1.70. The number of hydrogen-bond donors (Lipinski definition) is 3. The fourth-order valence-electron chi connectivity index (χ4n) is 1.09. The first kappa shape index (κ1) is 13.7. The van der Waals surface area contributed by atoms with Crippen LogP contribution >= 0.6 is 23.2 Å². The molecular weight excluding hydrogens is 267 g/mol. The van der Waals surface area contributed by atoms with Gasteiger partial charge in [-0.05, 0) is 6.07 Å². The van der Waals surface area contributed by atoms with E-state index in [9.17, 15) is 4.79 Å². The molecule has 0 saturated heterocycles. The molecule has 0 unspecified atom stereocenters. The predicted molar refractivity (Wildman–Crippen MR) is 67.8 cm³/mol. The van der Waals surface area contributed by atoms with Crippen LogP contribution in [0.1, 0.15) is 0 Å². The fourth-order valence-corrected chi connectivity index (χ4v) is 1.61. The topological polar surface area (TPSA) is 89.3 Å². The van der Waals surface area contributed by atoms with Crippen molar-refractivity contribution in [1.29, 1.82) is 0 Å². The average molecular weight is 279 g/mol.